The molecule has 0 aliphatic rings. The van der Waals surface area contributed by atoms with Crippen LogP contribution in [-0.4, -0.2) is 16.2 Å². The smallest absolute Gasteiger partial charge is 0.202 e. The van der Waals surface area contributed by atoms with Crippen molar-refractivity contribution in [2.45, 2.75) is 0 Å². The second-order valence-electron chi connectivity index (χ2n) is 4.26. The largest absolute Gasteiger partial charge is 0.461 e. The number of oxime groups is 1. The van der Waals surface area contributed by atoms with E-state index in [0.29, 0.717) is 17.2 Å². The molecule has 2 heterocycles. The molecule has 6 nitrogen and oxygen atoms in total. The summed E-state index contributed by atoms with van der Waals surface area (Å²) in [6.07, 6.45) is 1.50. The highest BCUT2D eigenvalue weighted by Crippen LogP contribution is 2.23. The number of hydrogen-bond acceptors (Lipinski definition) is 5. The van der Waals surface area contributed by atoms with E-state index in [0.717, 1.165) is 0 Å². The lowest BCUT2D eigenvalue weighted by Crippen LogP contribution is -2.14. The molecule has 0 fully saturated rings. The van der Waals surface area contributed by atoms with Crippen LogP contribution in [0.4, 0.5) is 10.1 Å². The van der Waals surface area contributed by atoms with E-state index >= 15 is 0 Å². The molecule has 0 unspecified atom stereocenters. The first-order valence-electron chi connectivity index (χ1n) is 6.12. The van der Waals surface area contributed by atoms with Crippen molar-refractivity contribution < 1.29 is 18.5 Å². The second-order valence-corrected chi connectivity index (χ2v) is 4.66. The fraction of sp³-hybridized carbons (Fsp3) is 0. The summed E-state index contributed by atoms with van der Waals surface area (Å²) in [7, 11) is 0. The third-order valence-corrected chi connectivity index (χ3v) is 3.09. The third kappa shape index (κ3) is 2.79. The van der Waals surface area contributed by atoms with Crippen molar-refractivity contribution in [3.05, 3.63) is 59.2 Å². The van der Waals surface area contributed by atoms with Crippen molar-refractivity contribution in [2.24, 2.45) is 5.16 Å². The molecule has 0 radical (unpaired) electrons. The van der Waals surface area contributed by atoms with E-state index in [1.54, 1.807) is 12.1 Å². The summed E-state index contributed by atoms with van der Waals surface area (Å²) in [5.74, 6) is 0.335. The van der Waals surface area contributed by atoms with Gasteiger partial charge in [-0.15, -0.1) is 0 Å². The maximum atomic E-state index is 13.1. The van der Waals surface area contributed by atoms with E-state index < -0.39 is 5.82 Å². The average molecular weight is 322 g/mol. The molecular weight excluding hydrogens is 313 g/mol. The van der Waals surface area contributed by atoms with E-state index in [1.807, 2.05) is 0 Å². The number of rotatable bonds is 3. The average Bonchev–Trinajstić information content (AvgIpc) is 3.18. The zero-order chi connectivity index (χ0) is 15.5. The molecule has 2 N–H and O–H groups in total. The quantitative estimate of drug-likeness (QED) is 0.330. The Balaban J connectivity index is 1.84. The van der Waals surface area contributed by atoms with Crippen LogP contribution in [0.25, 0.3) is 11.5 Å². The van der Waals surface area contributed by atoms with E-state index in [2.05, 4.69) is 15.6 Å². The van der Waals surface area contributed by atoms with Crippen LogP contribution in [0.15, 0.2) is 56.8 Å². The monoisotopic (exact) mass is 321 g/mol. The van der Waals surface area contributed by atoms with Crippen molar-refractivity contribution >= 4 is 23.1 Å². The highest BCUT2D eigenvalue weighted by atomic mass is 35.5. The number of benzene rings is 1. The number of aromatic nitrogens is 1. The first-order chi connectivity index (χ1) is 10.7. The Hall–Kier alpha value is -2.80. The lowest BCUT2D eigenvalue weighted by molar-refractivity contribution is 0.318. The normalized spacial score (nSPS) is 11.6. The molecule has 22 heavy (non-hydrogen) atoms. The Morgan fingerprint density at radius 3 is 2.82 bits per heavy atom. The summed E-state index contributed by atoms with van der Waals surface area (Å²) < 4.78 is 23.4. The zero-order valence-electron chi connectivity index (χ0n) is 11.0. The fourth-order valence-corrected chi connectivity index (χ4v) is 1.95. The van der Waals surface area contributed by atoms with Crippen LogP contribution in [0.1, 0.15) is 5.69 Å². The number of amidine groups is 1. The molecule has 3 aromatic rings. The maximum absolute atomic E-state index is 13.1. The van der Waals surface area contributed by atoms with E-state index in [-0.39, 0.29) is 16.6 Å². The standard InChI is InChI=1S/C14H9ClFN3O3/c15-9-6-8(3-4-10(9)16)17-14(18-20)11-7-13(22-19-11)12-2-1-5-21-12/h1-7,20H,(H,17,18). The van der Waals surface area contributed by atoms with Gasteiger partial charge in [-0.05, 0) is 30.3 Å². The third-order valence-electron chi connectivity index (χ3n) is 2.80. The van der Waals surface area contributed by atoms with Crippen molar-refractivity contribution in [3.63, 3.8) is 0 Å². The minimum Gasteiger partial charge on any atom is -0.461 e. The van der Waals surface area contributed by atoms with Crippen molar-refractivity contribution in [3.8, 4) is 11.5 Å². The lowest BCUT2D eigenvalue weighted by Gasteiger charge is -2.06. The Labute approximate surface area is 128 Å². The number of nitrogens with one attached hydrogen (secondary N) is 1. The first-order valence-corrected chi connectivity index (χ1v) is 6.50. The first kappa shape index (κ1) is 14.2. The van der Waals surface area contributed by atoms with Crippen LogP contribution in [0.2, 0.25) is 5.02 Å². The minimum absolute atomic E-state index is 0.0178. The molecule has 0 amide bonds. The fourth-order valence-electron chi connectivity index (χ4n) is 1.77. The lowest BCUT2D eigenvalue weighted by atomic mass is 10.2. The Bertz CT molecular complexity index is 815. The molecule has 0 aliphatic heterocycles. The van der Waals surface area contributed by atoms with Gasteiger partial charge in [0.05, 0.1) is 11.3 Å². The van der Waals surface area contributed by atoms with Crippen LogP contribution in [0.5, 0.6) is 0 Å². The molecule has 1 aromatic carbocycles. The number of halogens is 2. The minimum atomic E-state index is -0.545. The zero-order valence-corrected chi connectivity index (χ0v) is 11.7. The van der Waals surface area contributed by atoms with E-state index in [4.69, 9.17) is 25.7 Å². The van der Waals surface area contributed by atoms with Crippen LogP contribution in [-0.2, 0) is 0 Å². The molecule has 0 atom stereocenters. The van der Waals surface area contributed by atoms with E-state index in [9.17, 15) is 4.39 Å². The van der Waals surface area contributed by atoms with Gasteiger partial charge in [0, 0.05) is 11.8 Å². The Morgan fingerprint density at radius 1 is 1.27 bits per heavy atom. The SMILES string of the molecule is O/N=C(/Nc1ccc(F)c(Cl)c1)c1cc(-c2ccco2)on1. The van der Waals surface area contributed by atoms with E-state index in [1.165, 1.54) is 30.5 Å². The van der Waals surface area contributed by atoms with Gasteiger partial charge in [-0.25, -0.2) is 4.39 Å². The van der Waals surface area contributed by atoms with Gasteiger partial charge >= 0.3 is 0 Å². The molecule has 0 saturated carbocycles. The van der Waals surface area contributed by atoms with Crippen molar-refractivity contribution in [2.75, 3.05) is 5.32 Å². The van der Waals surface area contributed by atoms with Crippen LogP contribution < -0.4 is 5.32 Å². The summed E-state index contributed by atoms with van der Waals surface area (Å²) in [4.78, 5) is 0. The second kappa shape index (κ2) is 5.90. The van der Waals surface area contributed by atoms with Crippen molar-refractivity contribution in [1.82, 2.24) is 5.16 Å². The van der Waals surface area contributed by atoms with Gasteiger partial charge in [0.15, 0.2) is 17.3 Å². The van der Waals surface area contributed by atoms with Crippen LogP contribution in [0.3, 0.4) is 0 Å². The van der Waals surface area contributed by atoms with Gasteiger partial charge in [-0.3, -0.25) is 0 Å². The molecule has 8 heteroatoms. The summed E-state index contributed by atoms with van der Waals surface area (Å²) in [5, 5.41) is 18.7. The van der Waals surface area contributed by atoms with Gasteiger partial charge in [-0.1, -0.05) is 21.9 Å². The predicted octanol–water partition coefficient (Wildman–Crippen LogP) is 3.98. The van der Waals surface area contributed by atoms with Gasteiger partial charge in [0.1, 0.15) is 5.82 Å². The maximum Gasteiger partial charge on any atom is 0.202 e. The number of nitrogens with zero attached hydrogens (tertiary/aromatic N) is 2. The van der Waals surface area contributed by atoms with Gasteiger partial charge in [0.25, 0.3) is 0 Å². The number of furan rings is 1. The van der Waals surface area contributed by atoms with Crippen LogP contribution in [0, 0.1) is 5.82 Å². The summed E-state index contributed by atoms with van der Waals surface area (Å²) >= 11 is 5.69. The topological polar surface area (TPSA) is 83.8 Å². The number of hydrogen-bond donors (Lipinski definition) is 2. The molecule has 0 spiro atoms. The summed E-state index contributed by atoms with van der Waals surface area (Å²) in [6.45, 7) is 0. The molecule has 0 aliphatic carbocycles. The Kier molecular flexibility index (Phi) is 3.80. The van der Waals surface area contributed by atoms with Crippen molar-refractivity contribution in [1.29, 1.82) is 0 Å². The molecule has 0 saturated heterocycles. The van der Waals surface area contributed by atoms with Gasteiger partial charge < -0.3 is 19.5 Å². The van der Waals surface area contributed by atoms with Gasteiger partial charge in [0.2, 0.25) is 5.76 Å². The molecule has 112 valence electrons. The van der Waals surface area contributed by atoms with Gasteiger partial charge in [-0.2, -0.15) is 0 Å². The summed E-state index contributed by atoms with van der Waals surface area (Å²) in [6, 6.07) is 8.93. The molecular formula is C14H9ClFN3O3. The number of anilines is 1. The highest BCUT2D eigenvalue weighted by Gasteiger charge is 2.15. The molecule has 0 bridgehead atoms. The predicted molar refractivity (Wildman–Crippen MR) is 77.6 cm³/mol. The Morgan fingerprint density at radius 2 is 2.14 bits per heavy atom. The highest BCUT2D eigenvalue weighted by molar-refractivity contribution is 6.31. The molecule has 3 rings (SSSR count). The van der Waals surface area contributed by atoms with Crippen LogP contribution >= 0.6 is 11.6 Å². The molecule has 2 aromatic heterocycles. The summed E-state index contributed by atoms with van der Waals surface area (Å²) in [5.41, 5.74) is 0.677.